The third-order valence-corrected chi connectivity index (χ3v) is 4.00. The standard InChI is InChI=1S/C16H22FNO2/c1-12(20)15-11-13(17)7-8-16(15)18(9-10-19)14-5-3-2-4-6-14/h7-8,11,14,19H,2-6,9-10H2,1H3. The molecule has 1 aromatic rings. The van der Waals surface area contributed by atoms with E-state index in [9.17, 15) is 14.3 Å². The van der Waals surface area contributed by atoms with Gasteiger partial charge in [0.1, 0.15) is 5.82 Å². The lowest BCUT2D eigenvalue weighted by Gasteiger charge is -2.36. The zero-order valence-corrected chi connectivity index (χ0v) is 11.9. The van der Waals surface area contributed by atoms with E-state index in [1.54, 1.807) is 6.07 Å². The van der Waals surface area contributed by atoms with Crippen LogP contribution in [0.1, 0.15) is 49.4 Å². The van der Waals surface area contributed by atoms with Crippen molar-refractivity contribution in [2.24, 2.45) is 0 Å². The number of halogens is 1. The van der Waals surface area contributed by atoms with Crippen LogP contribution in [-0.4, -0.2) is 30.1 Å². The molecule has 1 aromatic carbocycles. The zero-order chi connectivity index (χ0) is 14.5. The molecule has 0 amide bonds. The topological polar surface area (TPSA) is 40.5 Å². The minimum Gasteiger partial charge on any atom is -0.395 e. The molecule has 0 bridgehead atoms. The molecule has 0 radical (unpaired) electrons. The second kappa shape index (κ2) is 6.84. The molecule has 0 unspecified atom stereocenters. The van der Waals surface area contributed by atoms with Crippen LogP contribution in [0.15, 0.2) is 18.2 Å². The molecule has 0 aromatic heterocycles. The van der Waals surface area contributed by atoms with Crippen LogP contribution < -0.4 is 4.90 Å². The van der Waals surface area contributed by atoms with Gasteiger partial charge in [0.05, 0.1) is 6.61 Å². The summed E-state index contributed by atoms with van der Waals surface area (Å²) in [6.07, 6.45) is 5.71. The number of hydrogen-bond donors (Lipinski definition) is 1. The van der Waals surface area contributed by atoms with E-state index in [1.807, 2.05) is 0 Å². The average molecular weight is 279 g/mol. The van der Waals surface area contributed by atoms with Crippen molar-refractivity contribution < 1.29 is 14.3 Å². The van der Waals surface area contributed by atoms with E-state index in [0.717, 1.165) is 18.5 Å². The van der Waals surface area contributed by atoms with Crippen LogP contribution >= 0.6 is 0 Å². The van der Waals surface area contributed by atoms with Gasteiger partial charge in [-0.1, -0.05) is 19.3 Å². The first kappa shape index (κ1) is 15.0. The van der Waals surface area contributed by atoms with E-state index < -0.39 is 5.82 Å². The Kier molecular flexibility index (Phi) is 5.12. The molecule has 0 aliphatic heterocycles. The molecule has 0 heterocycles. The quantitative estimate of drug-likeness (QED) is 0.842. The molecule has 0 atom stereocenters. The van der Waals surface area contributed by atoms with Crippen LogP contribution in [0.5, 0.6) is 0 Å². The molecule has 1 fully saturated rings. The summed E-state index contributed by atoms with van der Waals surface area (Å²) in [4.78, 5) is 13.8. The van der Waals surface area contributed by atoms with Crippen molar-refractivity contribution in [3.8, 4) is 0 Å². The second-order valence-electron chi connectivity index (χ2n) is 5.43. The Hall–Kier alpha value is -1.42. The molecule has 20 heavy (non-hydrogen) atoms. The summed E-state index contributed by atoms with van der Waals surface area (Å²) in [7, 11) is 0. The first-order valence-electron chi connectivity index (χ1n) is 7.31. The minimum absolute atomic E-state index is 0.0330. The predicted molar refractivity (Wildman–Crippen MR) is 77.7 cm³/mol. The van der Waals surface area contributed by atoms with Gasteiger partial charge in [-0.3, -0.25) is 4.79 Å². The Bertz CT molecular complexity index is 470. The van der Waals surface area contributed by atoms with E-state index in [2.05, 4.69) is 4.90 Å². The Balaban J connectivity index is 2.35. The maximum atomic E-state index is 13.4. The highest BCUT2D eigenvalue weighted by Gasteiger charge is 2.24. The van der Waals surface area contributed by atoms with Gasteiger partial charge in [0.25, 0.3) is 0 Å². The SMILES string of the molecule is CC(=O)c1cc(F)ccc1N(CCO)C1CCCCC1. The maximum absolute atomic E-state index is 13.4. The van der Waals surface area contributed by atoms with E-state index in [1.165, 1.54) is 38.3 Å². The first-order valence-corrected chi connectivity index (χ1v) is 7.31. The number of rotatable bonds is 5. The molecule has 1 N–H and O–H groups in total. The van der Waals surface area contributed by atoms with Gasteiger partial charge in [0.2, 0.25) is 0 Å². The Morgan fingerprint density at radius 3 is 2.65 bits per heavy atom. The van der Waals surface area contributed by atoms with Gasteiger partial charge < -0.3 is 10.0 Å². The third kappa shape index (κ3) is 3.37. The third-order valence-electron chi connectivity index (χ3n) is 4.00. The van der Waals surface area contributed by atoms with Crippen LogP contribution in [0, 0.1) is 5.82 Å². The lowest BCUT2D eigenvalue weighted by molar-refractivity contribution is 0.101. The number of ketones is 1. The van der Waals surface area contributed by atoms with Crippen LogP contribution in [0.4, 0.5) is 10.1 Å². The highest BCUT2D eigenvalue weighted by molar-refractivity contribution is 5.99. The predicted octanol–water partition coefficient (Wildman–Crippen LogP) is 3.16. The van der Waals surface area contributed by atoms with E-state index in [0.29, 0.717) is 18.2 Å². The second-order valence-corrected chi connectivity index (χ2v) is 5.43. The fourth-order valence-corrected chi connectivity index (χ4v) is 3.04. The van der Waals surface area contributed by atoms with Crippen molar-refractivity contribution in [2.75, 3.05) is 18.1 Å². The zero-order valence-electron chi connectivity index (χ0n) is 11.9. The van der Waals surface area contributed by atoms with Crippen molar-refractivity contribution in [1.29, 1.82) is 0 Å². The monoisotopic (exact) mass is 279 g/mol. The molecule has 2 rings (SSSR count). The number of benzene rings is 1. The number of Topliss-reactive ketones (excluding diaryl/α,β-unsaturated/α-hetero) is 1. The minimum atomic E-state index is -0.397. The van der Waals surface area contributed by atoms with E-state index >= 15 is 0 Å². The smallest absolute Gasteiger partial charge is 0.161 e. The van der Waals surface area contributed by atoms with Crippen LogP contribution in [-0.2, 0) is 0 Å². The number of carbonyl (C=O) groups is 1. The van der Waals surface area contributed by atoms with Gasteiger partial charge in [-0.15, -0.1) is 0 Å². The lowest BCUT2D eigenvalue weighted by atomic mass is 9.93. The molecule has 0 spiro atoms. The number of nitrogens with zero attached hydrogens (tertiary/aromatic N) is 1. The summed E-state index contributed by atoms with van der Waals surface area (Å²) in [6.45, 7) is 1.97. The van der Waals surface area contributed by atoms with E-state index in [4.69, 9.17) is 0 Å². The van der Waals surface area contributed by atoms with Gasteiger partial charge in [-0.05, 0) is 38.0 Å². The van der Waals surface area contributed by atoms with Gasteiger partial charge >= 0.3 is 0 Å². The average Bonchev–Trinajstić information content (AvgIpc) is 2.46. The van der Waals surface area contributed by atoms with Crippen molar-refractivity contribution >= 4 is 11.5 Å². The molecule has 3 nitrogen and oxygen atoms in total. The summed E-state index contributed by atoms with van der Waals surface area (Å²) >= 11 is 0. The lowest BCUT2D eigenvalue weighted by Crippen LogP contribution is -2.39. The Labute approximate surface area is 119 Å². The number of hydrogen-bond acceptors (Lipinski definition) is 3. The highest BCUT2D eigenvalue weighted by Crippen LogP contribution is 2.30. The number of aliphatic hydroxyl groups excluding tert-OH is 1. The molecule has 4 heteroatoms. The van der Waals surface area contributed by atoms with Gasteiger partial charge in [-0.25, -0.2) is 4.39 Å². The van der Waals surface area contributed by atoms with Crippen molar-refractivity contribution in [3.63, 3.8) is 0 Å². The van der Waals surface area contributed by atoms with Crippen molar-refractivity contribution in [2.45, 2.75) is 45.1 Å². The molecule has 1 aliphatic rings. The molecule has 1 aliphatic carbocycles. The summed E-state index contributed by atoms with van der Waals surface area (Å²) in [5.41, 5.74) is 1.16. The largest absolute Gasteiger partial charge is 0.395 e. The van der Waals surface area contributed by atoms with Crippen LogP contribution in [0.25, 0.3) is 0 Å². The molecule has 110 valence electrons. The Morgan fingerprint density at radius 2 is 2.05 bits per heavy atom. The van der Waals surface area contributed by atoms with Gasteiger partial charge in [-0.2, -0.15) is 0 Å². The van der Waals surface area contributed by atoms with Crippen molar-refractivity contribution in [3.05, 3.63) is 29.6 Å². The molecule has 0 saturated heterocycles. The number of anilines is 1. The summed E-state index contributed by atoms with van der Waals surface area (Å²) in [5, 5.41) is 9.31. The highest BCUT2D eigenvalue weighted by atomic mass is 19.1. The fraction of sp³-hybridized carbons (Fsp3) is 0.562. The number of carbonyl (C=O) groups excluding carboxylic acids is 1. The molecular weight excluding hydrogens is 257 g/mol. The van der Waals surface area contributed by atoms with Crippen LogP contribution in [0.3, 0.4) is 0 Å². The van der Waals surface area contributed by atoms with Crippen molar-refractivity contribution in [1.82, 2.24) is 0 Å². The fourth-order valence-electron chi connectivity index (χ4n) is 3.04. The molecule has 1 saturated carbocycles. The normalized spacial score (nSPS) is 16.1. The Morgan fingerprint density at radius 1 is 1.35 bits per heavy atom. The summed E-state index contributed by atoms with van der Waals surface area (Å²) in [5.74, 6) is -0.537. The van der Waals surface area contributed by atoms with Gasteiger partial charge in [0, 0.05) is 23.8 Å². The summed E-state index contributed by atoms with van der Waals surface area (Å²) < 4.78 is 13.4. The number of aliphatic hydroxyl groups is 1. The summed E-state index contributed by atoms with van der Waals surface area (Å²) in [6, 6.07) is 4.68. The maximum Gasteiger partial charge on any atom is 0.161 e. The van der Waals surface area contributed by atoms with Gasteiger partial charge in [0.15, 0.2) is 5.78 Å². The first-order chi connectivity index (χ1) is 9.63. The van der Waals surface area contributed by atoms with Crippen LogP contribution in [0.2, 0.25) is 0 Å². The molecular formula is C16H22FNO2. The van der Waals surface area contributed by atoms with E-state index in [-0.39, 0.29) is 12.4 Å².